The second-order valence-corrected chi connectivity index (χ2v) is 9.50. The molecule has 0 radical (unpaired) electrons. The van der Waals surface area contributed by atoms with Crippen molar-refractivity contribution >= 4 is 16.8 Å². The van der Waals surface area contributed by atoms with Gasteiger partial charge >= 0.3 is 0 Å². The van der Waals surface area contributed by atoms with Crippen LogP contribution in [-0.4, -0.2) is 55.3 Å². The Balaban J connectivity index is 1.37. The molecule has 3 aromatic rings. The first-order chi connectivity index (χ1) is 17.4. The summed E-state index contributed by atoms with van der Waals surface area (Å²) in [5.41, 5.74) is 9.66. The fourth-order valence-electron chi connectivity index (χ4n) is 5.03. The number of likely N-dealkylation sites (tertiary alicyclic amines) is 1. The van der Waals surface area contributed by atoms with E-state index in [1.807, 2.05) is 24.3 Å². The number of piperidine rings is 1. The van der Waals surface area contributed by atoms with Crippen molar-refractivity contribution < 1.29 is 14.3 Å². The molecule has 0 unspecified atom stereocenters. The summed E-state index contributed by atoms with van der Waals surface area (Å²) in [6.07, 6.45) is 2.12. The van der Waals surface area contributed by atoms with Crippen LogP contribution in [0.1, 0.15) is 39.9 Å². The standard InChI is InChI=1S/C28H36N4O4/c1-19-14-20(5-7-26(19)36-3)17-30-22-8-10-31(11-9-22)12-13-32-25-15-21(18-35-2)4-6-23(25)24(28(29)34)16-27(32)33/h4-7,14-16,22,30H,8-13,17-18H2,1-3H3,(H2,29,34). The zero-order valence-corrected chi connectivity index (χ0v) is 21.4. The van der Waals surface area contributed by atoms with Crippen LogP contribution in [0.4, 0.5) is 0 Å². The molecule has 0 bridgehead atoms. The third-order valence-electron chi connectivity index (χ3n) is 7.03. The largest absolute Gasteiger partial charge is 0.496 e. The van der Waals surface area contributed by atoms with Gasteiger partial charge in [0.1, 0.15) is 5.75 Å². The highest BCUT2D eigenvalue weighted by Gasteiger charge is 2.20. The van der Waals surface area contributed by atoms with Gasteiger partial charge in [-0.3, -0.25) is 9.59 Å². The number of primary amides is 1. The van der Waals surface area contributed by atoms with Crippen molar-refractivity contribution in [1.82, 2.24) is 14.8 Å². The minimum atomic E-state index is -0.594. The highest BCUT2D eigenvalue weighted by molar-refractivity contribution is 6.05. The van der Waals surface area contributed by atoms with Crippen LogP contribution in [0.25, 0.3) is 10.9 Å². The van der Waals surface area contributed by atoms with Crippen LogP contribution in [0, 0.1) is 6.92 Å². The monoisotopic (exact) mass is 492 g/mol. The molecule has 0 aliphatic carbocycles. The van der Waals surface area contributed by atoms with Gasteiger partial charge in [-0.2, -0.15) is 0 Å². The molecule has 2 aromatic carbocycles. The maximum Gasteiger partial charge on any atom is 0.251 e. The summed E-state index contributed by atoms with van der Waals surface area (Å²) in [6, 6.07) is 13.8. The maximum absolute atomic E-state index is 12.9. The van der Waals surface area contributed by atoms with E-state index < -0.39 is 5.91 Å². The second kappa shape index (κ2) is 11.7. The molecule has 2 heterocycles. The minimum Gasteiger partial charge on any atom is -0.496 e. The van der Waals surface area contributed by atoms with Crippen molar-refractivity contribution in [2.45, 2.75) is 45.5 Å². The summed E-state index contributed by atoms with van der Waals surface area (Å²) in [5, 5.41) is 4.38. The van der Waals surface area contributed by atoms with E-state index in [1.54, 1.807) is 18.8 Å². The van der Waals surface area contributed by atoms with Gasteiger partial charge in [0.2, 0.25) is 5.91 Å². The molecule has 0 atom stereocenters. The second-order valence-electron chi connectivity index (χ2n) is 9.50. The molecule has 4 rings (SSSR count). The number of carbonyl (C=O) groups is 1. The number of aryl methyl sites for hydroxylation is 1. The number of hydrogen-bond donors (Lipinski definition) is 2. The van der Waals surface area contributed by atoms with Crippen LogP contribution in [0.2, 0.25) is 0 Å². The summed E-state index contributed by atoms with van der Waals surface area (Å²) < 4.78 is 12.4. The molecule has 36 heavy (non-hydrogen) atoms. The lowest BCUT2D eigenvalue weighted by atomic mass is 10.0. The Hall–Kier alpha value is -3.20. The van der Waals surface area contributed by atoms with E-state index in [-0.39, 0.29) is 11.1 Å². The normalized spacial score (nSPS) is 14.9. The van der Waals surface area contributed by atoms with E-state index in [9.17, 15) is 9.59 Å². The molecule has 0 saturated carbocycles. The Morgan fingerprint density at radius 2 is 1.81 bits per heavy atom. The van der Waals surface area contributed by atoms with Gasteiger partial charge in [0, 0.05) is 44.2 Å². The van der Waals surface area contributed by atoms with Crippen LogP contribution in [0.5, 0.6) is 5.75 Å². The minimum absolute atomic E-state index is 0.211. The van der Waals surface area contributed by atoms with E-state index in [4.69, 9.17) is 15.2 Å². The first kappa shape index (κ1) is 25.9. The number of carbonyl (C=O) groups excluding carboxylic acids is 1. The lowest BCUT2D eigenvalue weighted by molar-refractivity contribution is 0.100. The van der Waals surface area contributed by atoms with E-state index in [0.29, 0.717) is 24.6 Å². The number of nitrogens with one attached hydrogen (secondary N) is 1. The molecule has 8 nitrogen and oxygen atoms in total. The third kappa shape index (κ3) is 5.95. The molecular formula is C28H36N4O4. The van der Waals surface area contributed by atoms with Crippen LogP contribution in [0.3, 0.4) is 0 Å². The number of methoxy groups -OCH3 is 2. The van der Waals surface area contributed by atoms with Crippen LogP contribution >= 0.6 is 0 Å². The Morgan fingerprint density at radius 1 is 1.06 bits per heavy atom. The predicted octanol–water partition coefficient (Wildman–Crippen LogP) is 2.82. The average molecular weight is 493 g/mol. The molecule has 1 aliphatic rings. The highest BCUT2D eigenvalue weighted by Crippen LogP contribution is 2.21. The summed E-state index contributed by atoms with van der Waals surface area (Å²) in [5.74, 6) is 0.321. The Labute approximate surface area is 212 Å². The van der Waals surface area contributed by atoms with Gasteiger partial charge in [-0.1, -0.05) is 24.3 Å². The topological polar surface area (TPSA) is 98.8 Å². The van der Waals surface area contributed by atoms with Gasteiger partial charge in [-0.15, -0.1) is 0 Å². The SMILES string of the molecule is COCc1ccc2c(C(N)=O)cc(=O)n(CCN3CCC(NCc4ccc(OC)c(C)c4)CC3)c2c1. The van der Waals surface area contributed by atoms with E-state index in [2.05, 4.69) is 29.3 Å². The number of ether oxygens (including phenoxy) is 2. The van der Waals surface area contributed by atoms with Gasteiger partial charge < -0.3 is 30.0 Å². The fourth-order valence-corrected chi connectivity index (χ4v) is 5.03. The van der Waals surface area contributed by atoms with Crippen molar-refractivity contribution in [2.75, 3.05) is 33.9 Å². The Bertz CT molecular complexity index is 1280. The third-order valence-corrected chi connectivity index (χ3v) is 7.03. The quantitative estimate of drug-likeness (QED) is 0.452. The van der Waals surface area contributed by atoms with Crippen molar-refractivity contribution in [3.05, 3.63) is 75.1 Å². The number of amides is 1. The number of pyridine rings is 1. The van der Waals surface area contributed by atoms with Gasteiger partial charge in [0.05, 0.1) is 24.8 Å². The molecule has 1 fully saturated rings. The number of rotatable bonds is 10. The molecular weight excluding hydrogens is 456 g/mol. The van der Waals surface area contributed by atoms with E-state index in [1.165, 1.54) is 11.6 Å². The summed E-state index contributed by atoms with van der Waals surface area (Å²) in [4.78, 5) is 27.3. The van der Waals surface area contributed by atoms with Crippen molar-refractivity contribution in [3.8, 4) is 5.75 Å². The van der Waals surface area contributed by atoms with Crippen molar-refractivity contribution in [1.29, 1.82) is 0 Å². The van der Waals surface area contributed by atoms with E-state index >= 15 is 0 Å². The average Bonchev–Trinajstić information content (AvgIpc) is 2.87. The first-order valence-corrected chi connectivity index (χ1v) is 12.4. The zero-order chi connectivity index (χ0) is 25.7. The number of nitrogens with zero attached hydrogens (tertiary/aromatic N) is 2. The van der Waals surface area contributed by atoms with Gasteiger partial charge in [0.25, 0.3) is 5.56 Å². The zero-order valence-electron chi connectivity index (χ0n) is 21.4. The van der Waals surface area contributed by atoms with Crippen molar-refractivity contribution in [2.24, 2.45) is 5.73 Å². The van der Waals surface area contributed by atoms with Crippen LogP contribution in [0.15, 0.2) is 47.3 Å². The van der Waals surface area contributed by atoms with Gasteiger partial charge in [-0.05, 0) is 61.7 Å². The fraction of sp³-hybridized carbons (Fsp3) is 0.429. The predicted molar refractivity (Wildman–Crippen MR) is 141 cm³/mol. The number of nitrogens with two attached hydrogens (primary N) is 1. The first-order valence-electron chi connectivity index (χ1n) is 12.4. The number of benzene rings is 2. The number of aromatic nitrogens is 1. The van der Waals surface area contributed by atoms with Crippen LogP contribution in [-0.2, 0) is 24.4 Å². The molecule has 1 aromatic heterocycles. The lowest BCUT2D eigenvalue weighted by Crippen LogP contribution is -2.43. The van der Waals surface area contributed by atoms with Crippen molar-refractivity contribution in [3.63, 3.8) is 0 Å². The smallest absolute Gasteiger partial charge is 0.251 e. The Kier molecular flexibility index (Phi) is 8.40. The molecule has 1 amide bonds. The summed E-state index contributed by atoms with van der Waals surface area (Å²) >= 11 is 0. The number of hydrogen-bond acceptors (Lipinski definition) is 6. The summed E-state index contributed by atoms with van der Waals surface area (Å²) in [7, 11) is 3.33. The number of fused-ring (bicyclic) bond motifs is 1. The van der Waals surface area contributed by atoms with Gasteiger partial charge in [-0.25, -0.2) is 0 Å². The van der Waals surface area contributed by atoms with Crippen LogP contribution < -0.4 is 21.3 Å². The molecule has 8 heteroatoms. The lowest BCUT2D eigenvalue weighted by Gasteiger charge is -2.32. The Morgan fingerprint density at radius 3 is 2.47 bits per heavy atom. The molecule has 3 N–H and O–H groups in total. The van der Waals surface area contributed by atoms with Gasteiger partial charge in [0.15, 0.2) is 0 Å². The highest BCUT2D eigenvalue weighted by atomic mass is 16.5. The molecule has 192 valence electrons. The molecule has 1 aliphatic heterocycles. The maximum atomic E-state index is 12.9. The molecule has 0 spiro atoms. The molecule has 1 saturated heterocycles. The van der Waals surface area contributed by atoms with E-state index in [0.717, 1.165) is 61.4 Å². The summed E-state index contributed by atoms with van der Waals surface area (Å²) in [6.45, 7) is 6.60.